The molecule has 3 rings (SSSR count). The maximum Gasteiger partial charge on any atom is 0.251 e. The summed E-state index contributed by atoms with van der Waals surface area (Å²) in [4.78, 5) is 21.5. The number of ether oxygens (including phenoxy) is 3. The number of rotatable bonds is 7. The van der Waals surface area contributed by atoms with Crippen molar-refractivity contribution >= 4 is 35.8 Å². The highest BCUT2D eigenvalue weighted by Crippen LogP contribution is 2.24. The molecule has 174 valence electrons. The van der Waals surface area contributed by atoms with Crippen molar-refractivity contribution in [1.82, 2.24) is 15.1 Å². The Hall–Kier alpha value is -1.75. The standard InChI is InChI=1S/C22H34N4O4.HI/c1-4-23-22(24-10-9-17-16-18(28-2)7-8-19(17)29-3)26-13-11-25(12-14-26)21(27)20-6-5-15-30-20;/h7-8,16,20H,4-6,9-15H2,1-3H3,(H,23,24);1H. The number of piperazine rings is 1. The third-order valence-electron chi connectivity index (χ3n) is 5.56. The summed E-state index contributed by atoms with van der Waals surface area (Å²) in [7, 11) is 3.34. The average Bonchev–Trinajstić information content (AvgIpc) is 3.33. The summed E-state index contributed by atoms with van der Waals surface area (Å²) in [6.45, 7) is 7.15. The Bertz CT molecular complexity index is 732. The Labute approximate surface area is 202 Å². The molecule has 2 aliphatic rings. The summed E-state index contributed by atoms with van der Waals surface area (Å²) >= 11 is 0. The summed E-state index contributed by atoms with van der Waals surface area (Å²) in [6.07, 6.45) is 2.34. The molecule has 2 saturated heterocycles. The summed E-state index contributed by atoms with van der Waals surface area (Å²) in [6, 6.07) is 5.82. The molecule has 1 unspecified atom stereocenters. The number of nitrogens with zero attached hydrogens (tertiary/aromatic N) is 3. The number of hydrogen-bond donors (Lipinski definition) is 1. The van der Waals surface area contributed by atoms with Crippen LogP contribution in [-0.2, 0) is 16.0 Å². The van der Waals surface area contributed by atoms with E-state index in [0.717, 1.165) is 61.9 Å². The molecule has 0 aromatic heterocycles. The number of methoxy groups -OCH3 is 2. The number of guanidine groups is 1. The topological polar surface area (TPSA) is 75.6 Å². The van der Waals surface area contributed by atoms with E-state index in [9.17, 15) is 4.79 Å². The Balaban J connectivity index is 0.00000341. The lowest BCUT2D eigenvalue weighted by atomic mass is 10.1. The zero-order valence-electron chi connectivity index (χ0n) is 18.8. The van der Waals surface area contributed by atoms with Gasteiger partial charge in [-0.05, 0) is 49.9 Å². The van der Waals surface area contributed by atoms with Crippen LogP contribution in [0.4, 0.5) is 0 Å². The van der Waals surface area contributed by atoms with Gasteiger partial charge < -0.3 is 29.3 Å². The van der Waals surface area contributed by atoms with Crippen LogP contribution in [0, 0.1) is 0 Å². The number of carbonyl (C=O) groups excluding carboxylic acids is 1. The predicted molar refractivity (Wildman–Crippen MR) is 132 cm³/mol. The number of aliphatic imine (C=N–C) groups is 1. The molecular weight excluding hydrogens is 511 g/mol. The van der Waals surface area contributed by atoms with Crippen LogP contribution in [0.1, 0.15) is 25.3 Å². The summed E-state index contributed by atoms with van der Waals surface area (Å²) < 4.78 is 16.3. The van der Waals surface area contributed by atoms with Crippen molar-refractivity contribution < 1.29 is 19.0 Å². The predicted octanol–water partition coefficient (Wildman–Crippen LogP) is 2.15. The van der Waals surface area contributed by atoms with Gasteiger partial charge in [-0.1, -0.05) is 0 Å². The molecule has 9 heteroatoms. The third-order valence-corrected chi connectivity index (χ3v) is 5.56. The van der Waals surface area contributed by atoms with E-state index in [1.54, 1.807) is 14.2 Å². The molecule has 2 aliphatic heterocycles. The first-order valence-electron chi connectivity index (χ1n) is 10.8. The molecule has 1 amide bonds. The highest BCUT2D eigenvalue weighted by molar-refractivity contribution is 14.0. The molecule has 0 saturated carbocycles. The van der Waals surface area contributed by atoms with E-state index in [1.165, 1.54) is 0 Å². The molecule has 1 atom stereocenters. The van der Waals surface area contributed by atoms with Crippen LogP contribution in [0.2, 0.25) is 0 Å². The summed E-state index contributed by atoms with van der Waals surface area (Å²) in [5, 5.41) is 3.38. The van der Waals surface area contributed by atoms with Gasteiger partial charge in [0, 0.05) is 45.9 Å². The van der Waals surface area contributed by atoms with Crippen molar-refractivity contribution in [3.05, 3.63) is 23.8 Å². The fourth-order valence-electron chi connectivity index (χ4n) is 3.90. The maximum atomic E-state index is 12.6. The van der Waals surface area contributed by atoms with E-state index in [2.05, 4.69) is 17.1 Å². The van der Waals surface area contributed by atoms with Gasteiger partial charge >= 0.3 is 0 Å². The van der Waals surface area contributed by atoms with Gasteiger partial charge in [0.1, 0.15) is 17.6 Å². The Morgan fingerprint density at radius 2 is 1.94 bits per heavy atom. The second kappa shape index (κ2) is 12.9. The fourth-order valence-corrected chi connectivity index (χ4v) is 3.90. The Morgan fingerprint density at radius 3 is 2.55 bits per heavy atom. The third kappa shape index (κ3) is 6.86. The number of hydrogen-bond acceptors (Lipinski definition) is 5. The fraction of sp³-hybridized carbons (Fsp3) is 0.636. The van der Waals surface area contributed by atoms with Gasteiger partial charge in [0.25, 0.3) is 5.91 Å². The number of amides is 1. The zero-order valence-corrected chi connectivity index (χ0v) is 21.1. The van der Waals surface area contributed by atoms with Gasteiger partial charge in [-0.3, -0.25) is 9.79 Å². The van der Waals surface area contributed by atoms with Crippen molar-refractivity contribution in [2.45, 2.75) is 32.3 Å². The van der Waals surface area contributed by atoms with Crippen LogP contribution in [0.5, 0.6) is 11.5 Å². The Morgan fingerprint density at radius 1 is 1.19 bits per heavy atom. The van der Waals surface area contributed by atoms with E-state index in [1.807, 2.05) is 23.1 Å². The molecule has 0 radical (unpaired) electrons. The first kappa shape index (κ1) is 25.5. The minimum absolute atomic E-state index is 0. The van der Waals surface area contributed by atoms with Crippen molar-refractivity contribution in [3.63, 3.8) is 0 Å². The molecule has 1 N–H and O–H groups in total. The Kier molecular flexibility index (Phi) is 10.7. The highest BCUT2D eigenvalue weighted by Gasteiger charge is 2.30. The first-order chi connectivity index (χ1) is 14.7. The van der Waals surface area contributed by atoms with Crippen LogP contribution in [0.25, 0.3) is 0 Å². The highest BCUT2D eigenvalue weighted by atomic mass is 127. The largest absolute Gasteiger partial charge is 0.497 e. The minimum atomic E-state index is -0.240. The van der Waals surface area contributed by atoms with Crippen molar-refractivity contribution in [2.75, 3.05) is 60.1 Å². The first-order valence-corrected chi connectivity index (χ1v) is 10.8. The van der Waals surface area contributed by atoms with Crippen molar-refractivity contribution in [2.24, 2.45) is 4.99 Å². The van der Waals surface area contributed by atoms with Gasteiger partial charge in [-0.15, -0.1) is 24.0 Å². The second-order valence-corrected chi connectivity index (χ2v) is 7.48. The SMILES string of the molecule is CCNC(=NCCc1cc(OC)ccc1OC)N1CCN(C(=O)C2CCCO2)CC1.I. The molecule has 31 heavy (non-hydrogen) atoms. The van der Waals surface area contributed by atoms with Gasteiger partial charge in [-0.2, -0.15) is 0 Å². The lowest BCUT2D eigenvalue weighted by Crippen LogP contribution is -2.55. The van der Waals surface area contributed by atoms with Crippen LogP contribution >= 0.6 is 24.0 Å². The van der Waals surface area contributed by atoms with Crippen LogP contribution in [-0.4, -0.2) is 87.9 Å². The molecule has 0 bridgehead atoms. The van der Waals surface area contributed by atoms with Gasteiger partial charge in [0.2, 0.25) is 0 Å². The molecule has 0 spiro atoms. The maximum absolute atomic E-state index is 12.6. The van der Waals surface area contributed by atoms with Crippen molar-refractivity contribution in [3.8, 4) is 11.5 Å². The van der Waals surface area contributed by atoms with E-state index < -0.39 is 0 Å². The van der Waals surface area contributed by atoms with Crippen LogP contribution < -0.4 is 14.8 Å². The van der Waals surface area contributed by atoms with Gasteiger partial charge in [0.15, 0.2) is 5.96 Å². The second-order valence-electron chi connectivity index (χ2n) is 7.48. The molecule has 2 fully saturated rings. The van der Waals surface area contributed by atoms with Crippen LogP contribution in [0.3, 0.4) is 0 Å². The molecule has 1 aromatic rings. The summed E-state index contributed by atoms with van der Waals surface area (Å²) in [5.41, 5.74) is 1.07. The van der Waals surface area contributed by atoms with Crippen molar-refractivity contribution in [1.29, 1.82) is 0 Å². The van der Waals surface area contributed by atoms with E-state index in [4.69, 9.17) is 19.2 Å². The molecule has 2 heterocycles. The monoisotopic (exact) mass is 546 g/mol. The molecule has 8 nitrogen and oxygen atoms in total. The van der Waals surface area contributed by atoms with Gasteiger partial charge in [0.05, 0.1) is 14.2 Å². The number of nitrogens with one attached hydrogen (secondary N) is 1. The normalized spacial score (nSPS) is 19.1. The summed E-state index contributed by atoms with van der Waals surface area (Å²) in [5.74, 6) is 2.69. The van der Waals surface area contributed by atoms with Crippen LogP contribution in [0.15, 0.2) is 23.2 Å². The molecule has 0 aliphatic carbocycles. The number of carbonyl (C=O) groups is 1. The zero-order chi connectivity index (χ0) is 21.3. The molecular formula is C22H35IN4O4. The average molecular weight is 546 g/mol. The lowest BCUT2D eigenvalue weighted by Gasteiger charge is -2.37. The van der Waals surface area contributed by atoms with E-state index in [-0.39, 0.29) is 36.0 Å². The number of halogens is 1. The van der Waals surface area contributed by atoms with E-state index >= 15 is 0 Å². The molecule has 1 aromatic carbocycles. The van der Waals surface area contributed by atoms with Gasteiger partial charge in [-0.25, -0.2) is 0 Å². The lowest BCUT2D eigenvalue weighted by molar-refractivity contribution is -0.142. The van der Waals surface area contributed by atoms with E-state index in [0.29, 0.717) is 26.2 Å². The quantitative estimate of drug-likeness (QED) is 0.321. The smallest absolute Gasteiger partial charge is 0.251 e. The number of benzene rings is 1. The minimum Gasteiger partial charge on any atom is -0.497 e.